The second-order valence-corrected chi connectivity index (χ2v) is 12.3. The molecule has 1 aliphatic rings. The molecule has 0 fully saturated rings. The number of rotatable bonds is 12. The van der Waals surface area contributed by atoms with Crippen LogP contribution in [0, 0.1) is 30.9 Å². The van der Waals surface area contributed by atoms with Crippen molar-refractivity contribution in [2.24, 2.45) is 0 Å². The Balaban J connectivity index is 1.59. The Hall–Kier alpha value is -3.87. The van der Waals surface area contributed by atoms with Gasteiger partial charge in [0, 0.05) is 17.7 Å². The van der Waals surface area contributed by atoms with Crippen molar-refractivity contribution in [2.75, 3.05) is 0 Å². The Labute approximate surface area is 256 Å². The molecule has 43 heavy (non-hydrogen) atoms. The van der Waals surface area contributed by atoms with E-state index in [0.717, 1.165) is 79.4 Å². The molecule has 0 aromatic heterocycles. The van der Waals surface area contributed by atoms with E-state index in [1.807, 2.05) is 20.8 Å². The zero-order valence-corrected chi connectivity index (χ0v) is 27.1. The van der Waals surface area contributed by atoms with Gasteiger partial charge < -0.3 is 14.2 Å². The van der Waals surface area contributed by atoms with Crippen LogP contribution in [0.3, 0.4) is 0 Å². The van der Waals surface area contributed by atoms with Gasteiger partial charge in [-0.25, -0.2) is 4.79 Å². The molecule has 0 unspecified atom stereocenters. The van der Waals surface area contributed by atoms with Gasteiger partial charge in [-0.2, -0.15) is 0 Å². The molecule has 0 saturated carbocycles. The van der Waals surface area contributed by atoms with Crippen LogP contribution in [0.2, 0.25) is 0 Å². The van der Waals surface area contributed by atoms with Gasteiger partial charge in [-0.05, 0) is 136 Å². The summed E-state index contributed by atoms with van der Waals surface area (Å²) in [7, 11) is 0. The zero-order valence-electron chi connectivity index (χ0n) is 27.1. The van der Waals surface area contributed by atoms with Crippen molar-refractivity contribution in [3.63, 3.8) is 0 Å². The maximum atomic E-state index is 12.6. The maximum Gasteiger partial charge on any atom is 0.519 e. The number of allylic oxidation sites excluding steroid dienone is 6. The van der Waals surface area contributed by atoms with E-state index in [9.17, 15) is 14.9 Å². The lowest BCUT2D eigenvalue weighted by molar-refractivity contribution is -0.384. The summed E-state index contributed by atoms with van der Waals surface area (Å²) >= 11 is 0. The molecule has 0 radical (unpaired) electrons. The number of carbonyl (C=O) groups excluding carboxylic acids is 1. The highest BCUT2D eigenvalue weighted by Gasteiger charge is 2.34. The highest BCUT2D eigenvalue weighted by Crippen LogP contribution is 2.45. The van der Waals surface area contributed by atoms with Crippen LogP contribution in [0.4, 0.5) is 10.5 Å². The number of ether oxygens (including phenoxy) is 3. The second-order valence-electron chi connectivity index (χ2n) is 12.3. The number of nitrogens with zero attached hydrogens (tertiary/aromatic N) is 1. The molecule has 3 rings (SSSR count). The standard InChI is InChI=1S/C36H47NO6/c1-24(2)12-9-13-25(3)14-10-15-26(4)16-11-22-36(8)23-21-32-29(7)33(27(5)28(6)34(32)43-36)42-35(38)41-31-19-17-30(18-20-31)37(39)40/h12,14,16-20H,9-11,13,15,21-23H2,1-8H3/b25-14+,26-16+/t36-/m1/s1. The van der Waals surface area contributed by atoms with Crippen molar-refractivity contribution >= 4 is 11.8 Å². The number of hydrogen-bond donors (Lipinski definition) is 0. The number of nitro benzene ring substituents is 1. The monoisotopic (exact) mass is 589 g/mol. The van der Waals surface area contributed by atoms with Crippen LogP contribution in [0.5, 0.6) is 17.2 Å². The third-order valence-corrected chi connectivity index (χ3v) is 8.29. The summed E-state index contributed by atoms with van der Waals surface area (Å²) in [5.41, 5.74) is 7.58. The molecule has 7 nitrogen and oxygen atoms in total. The number of non-ortho nitro benzene ring substituents is 1. The van der Waals surface area contributed by atoms with Gasteiger partial charge >= 0.3 is 6.16 Å². The summed E-state index contributed by atoms with van der Waals surface area (Å²) in [6.45, 7) is 16.8. The van der Waals surface area contributed by atoms with Gasteiger partial charge in [-0.3, -0.25) is 10.1 Å². The van der Waals surface area contributed by atoms with Crippen molar-refractivity contribution < 1.29 is 23.9 Å². The predicted octanol–water partition coefficient (Wildman–Crippen LogP) is 10.4. The molecule has 1 atom stereocenters. The third kappa shape index (κ3) is 9.57. The molecule has 2 aromatic rings. The molecule has 0 bridgehead atoms. The normalized spacial score (nSPS) is 16.7. The first-order chi connectivity index (χ1) is 20.3. The average Bonchev–Trinajstić information content (AvgIpc) is 2.94. The topological polar surface area (TPSA) is 87.9 Å². The Kier molecular flexibility index (Phi) is 11.8. The molecular weight excluding hydrogens is 542 g/mol. The minimum absolute atomic E-state index is 0.0832. The fourth-order valence-electron chi connectivity index (χ4n) is 5.41. The Morgan fingerprint density at radius 2 is 1.51 bits per heavy atom. The van der Waals surface area contributed by atoms with Crippen LogP contribution in [-0.4, -0.2) is 16.7 Å². The van der Waals surface area contributed by atoms with Gasteiger partial charge in [0.15, 0.2) is 0 Å². The van der Waals surface area contributed by atoms with E-state index in [1.54, 1.807) is 0 Å². The van der Waals surface area contributed by atoms with E-state index in [4.69, 9.17) is 14.2 Å². The summed E-state index contributed by atoms with van der Waals surface area (Å²) < 4.78 is 17.6. The molecule has 0 N–H and O–H groups in total. The number of fused-ring (bicyclic) bond motifs is 1. The Morgan fingerprint density at radius 3 is 2.12 bits per heavy atom. The first-order valence-corrected chi connectivity index (χ1v) is 15.2. The largest absolute Gasteiger partial charge is 0.519 e. The number of nitro groups is 1. The molecular formula is C36H47NO6. The van der Waals surface area contributed by atoms with Gasteiger partial charge in [0.1, 0.15) is 22.8 Å². The summed E-state index contributed by atoms with van der Waals surface area (Å²) in [4.78, 5) is 23.0. The fraction of sp³-hybridized carbons (Fsp3) is 0.472. The van der Waals surface area contributed by atoms with Crippen molar-refractivity contribution in [2.45, 2.75) is 112 Å². The van der Waals surface area contributed by atoms with Crippen LogP contribution in [-0.2, 0) is 6.42 Å². The zero-order chi connectivity index (χ0) is 31.7. The van der Waals surface area contributed by atoms with E-state index in [1.165, 1.54) is 41.0 Å². The SMILES string of the molecule is CC(C)=CCC/C(C)=C/CC/C(C)=C/CC[C@]1(C)CCc2c(C)c(OC(=O)Oc3ccc([N+](=O)[O-])cc3)c(C)c(C)c2O1. The lowest BCUT2D eigenvalue weighted by Crippen LogP contribution is -2.37. The molecule has 0 amide bonds. The Morgan fingerprint density at radius 1 is 0.907 bits per heavy atom. The van der Waals surface area contributed by atoms with Gasteiger partial charge in [0.05, 0.1) is 4.92 Å². The first-order valence-electron chi connectivity index (χ1n) is 15.2. The molecule has 7 heteroatoms. The fourth-order valence-corrected chi connectivity index (χ4v) is 5.41. The Bertz CT molecular complexity index is 1410. The molecule has 0 saturated heterocycles. The quantitative estimate of drug-likeness (QED) is 0.0804. The lowest BCUT2D eigenvalue weighted by atomic mass is 9.85. The lowest BCUT2D eigenvalue weighted by Gasteiger charge is -2.38. The maximum absolute atomic E-state index is 12.6. The van der Waals surface area contributed by atoms with Crippen LogP contribution in [0.25, 0.3) is 0 Å². The van der Waals surface area contributed by atoms with Crippen molar-refractivity contribution in [1.29, 1.82) is 0 Å². The number of carbonyl (C=O) groups is 1. The van der Waals surface area contributed by atoms with Crippen molar-refractivity contribution in [3.8, 4) is 17.2 Å². The van der Waals surface area contributed by atoms with E-state index in [-0.39, 0.29) is 17.0 Å². The van der Waals surface area contributed by atoms with Crippen LogP contribution in [0.15, 0.2) is 59.2 Å². The minimum Gasteiger partial charge on any atom is -0.487 e. The van der Waals surface area contributed by atoms with E-state index < -0.39 is 11.1 Å². The van der Waals surface area contributed by atoms with Crippen LogP contribution >= 0.6 is 0 Å². The average molecular weight is 590 g/mol. The molecule has 0 aliphatic carbocycles. The van der Waals surface area contributed by atoms with Gasteiger partial charge in [-0.15, -0.1) is 0 Å². The molecule has 0 spiro atoms. The summed E-state index contributed by atoms with van der Waals surface area (Å²) in [6.07, 6.45) is 14.1. The molecule has 232 valence electrons. The molecule has 2 aromatic carbocycles. The minimum atomic E-state index is -0.891. The molecule has 1 heterocycles. The number of hydrogen-bond acceptors (Lipinski definition) is 6. The second kappa shape index (κ2) is 15.0. The van der Waals surface area contributed by atoms with E-state index >= 15 is 0 Å². The van der Waals surface area contributed by atoms with Gasteiger partial charge in [-0.1, -0.05) is 34.9 Å². The smallest absolute Gasteiger partial charge is 0.487 e. The van der Waals surface area contributed by atoms with E-state index in [2.05, 4.69) is 52.8 Å². The summed E-state index contributed by atoms with van der Waals surface area (Å²) in [6, 6.07) is 5.30. The van der Waals surface area contributed by atoms with Crippen molar-refractivity contribution in [1.82, 2.24) is 0 Å². The first kappa shape index (κ1) is 33.6. The number of benzene rings is 2. The van der Waals surface area contributed by atoms with E-state index in [0.29, 0.717) is 5.75 Å². The predicted molar refractivity (Wildman–Crippen MR) is 172 cm³/mol. The van der Waals surface area contributed by atoms with Crippen molar-refractivity contribution in [3.05, 3.63) is 91.6 Å². The van der Waals surface area contributed by atoms with Crippen LogP contribution in [0.1, 0.15) is 102 Å². The van der Waals surface area contributed by atoms with Gasteiger partial charge in [0.25, 0.3) is 5.69 Å². The third-order valence-electron chi connectivity index (χ3n) is 8.29. The highest BCUT2D eigenvalue weighted by atomic mass is 16.7. The molecule has 1 aliphatic heterocycles. The highest BCUT2D eigenvalue weighted by molar-refractivity contribution is 5.70. The summed E-state index contributed by atoms with van der Waals surface area (Å²) in [5.74, 6) is 1.52. The summed E-state index contributed by atoms with van der Waals surface area (Å²) in [5, 5.41) is 10.9. The van der Waals surface area contributed by atoms with Crippen LogP contribution < -0.4 is 14.2 Å². The van der Waals surface area contributed by atoms with Gasteiger partial charge in [0.2, 0.25) is 0 Å².